The van der Waals surface area contributed by atoms with E-state index in [2.05, 4.69) is 33.3 Å². The minimum Gasteiger partial charge on any atom is -0.756 e. The van der Waals surface area contributed by atoms with Gasteiger partial charge in [-0.15, -0.1) is 0 Å². The second kappa shape index (κ2) is 19.3. The van der Waals surface area contributed by atoms with Crippen LogP contribution in [0.25, 0.3) is 0 Å². The number of phosphoric ester groups is 3. The highest BCUT2D eigenvalue weighted by molar-refractivity contribution is 7.46. The average molecular weight is 601 g/mol. The predicted octanol–water partition coefficient (Wildman–Crippen LogP) is -2.04. The third-order valence-corrected chi connectivity index (χ3v) is 6.95. The molecule has 0 saturated carbocycles. The second-order valence-electron chi connectivity index (χ2n) is 6.96. The molecule has 18 nitrogen and oxygen atoms in total. The van der Waals surface area contributed by atoms with E-state index in [-0.39, 0.29) is 64.8 Å². The van der Waals surface area contributed by atoms with Gasteiger partial charge in [-0.3, -0.25) is 32.3 Å². The van der Waals surface area contributed by atoms with E-state index < -0.39 is 55.0 Å². The Balaban J connectivity index is 4.39. The number of rotatable bonds is 23. The number of nitrogens with one attached hydrogen (secondary N) is 2. The van der Waals surface area contributed by atoms with Gasteiger partial charge in [0.2, 0.25) is 11.8 Å². The minimum atomic E-state index is -4.71. The van der Waals surface area contributed by atoms with Crippen molar-refractivity contribution in [1.82, 2.24) is 10.6 Å². The summed E-state index contributed by atoms with van der Waals surface area (Å²) in [7, 11) is -13.1. The number of hydrogen-bond acceptors (Lipinski definition) is 16. The summed E-state index contributed by atoms with van der Waals surface area (Å²) < 4.78 is 59.7. The van der Waals surface area contributed by atoms with Crippen molar-refractivity contribution in [1.29, 1.82) is 0 Å². The van der Waals surface area contributed by atoms with Gasteiger partial charge in [0.15, 0.2) is 13.6 Å². The molecule has 4 N–H and O–H groups in total. The lowest BCUT2D eigenvalue weighted by Gasteiger charge is -2.27. The quantitative estimate of drug-likeness (QED) is 0.0558. The number of carbonyl (C=O) groups excluding carboxylic acids is 2. The van der Waals surface area contributed by atoms with Crippen molar-refractivity contribution in [3.63, 3.8) is 0 Å². The average Bonchev–Trinajstić information content (AvgIpc) is 2.80. The molecule has 3 unspecified atom stereocenters. The van der Waals surface area contributed by atoms with Crippen LogP contribution in [0, 0.1) is 0 Å². The monoisotopic (exact) mass is 601 g/mol. The third kappa shape index (κ3) is 20.8. The van der Waals surface area contributed by atoms with E-state index in [9.17, 15) is 38.0 Å². The zero-order valence-electron chi connectivity index (χ0n) is 20.0. The summed E-state index contributed by atoms with van der Waals surface area (Å²) in [5, 5.41) is 21.6. The number of amides is 2. The molecule has 21 heteroatoms. The van der Waals surface area contributed by atoms with Crippen molar-refractivity contribution in [3.05, 3.63) is 0 Å². The molecule has 0 heterocycles. The van der Waals surface area contributed by atoms with Gasteiger partial charge in [0.05, 0.1) is 13.2 Å². The normalized spacial score (nSPS) is 17.2. The number of carbonyl (C=O) groups is 2. The summed E-state index contributed by atoms with van der Waals surface area (Å²) in [4.78, 5) is 57.8. The highest BCUT2D eigenvalue weighted by atomic mass is 31.2. The highest BCUT2D eigenvalue weighted by Crippen LogP contribution is 2.39. The van der Waals surface area contributed by atoms with Crippen LogP contribution < -0.4 is 25.3 Å². The molecule has 220 valence electrons. The van der Waals surface area contributed by atoms with E-state index in [0.717, 1.165) is 7.11 Å². The molecule has 0 aromatic rings. The summed E-state index contributed by atoms with van der Waals surface area (Å²) in [6, 6.07) is 0. The molecule has 0 fully saturated rings. The maximum atomic E-state index is 12.0. The summed E-state index contributed by atoms with van der Waals surface area (Å²) in [5.41, 5.74) is 0. The van der Waals surface area contributed by atoms with Gasteiger partial charge in [-0.05, 0) is 25.7 Å². The van der Waals surface area contributed by atoms with Gasteiger partial charge in [0, 0.05) is 33.0 Å². The smallest absolute Gasteiger partial charge is 0.269 e. The van der Waals surface area contributed by atoms with E-state index in [1.54, 1.807) is 0 Å². The summed E-state index contributed by atoms with van der Waals surface area (Å²) in [6.07, 6.45) is -0.593. The van der Waals surface area contributed by atoms with E-state index in [1.807, 2.05) is 0 Å². The lowest BCUT2D eigenvalue weighted by molar-refractivity contribution is -0.232. The number of hydrogen-bond donors (Lipinski definition) is 4. The van der Waals surface area contributed by atoms with Crippen LogP contribution in [0.2, 0.25) is 0 Å². The maximum absolute atomic E-state index is 12.0. The topological polar surface area (TPSA) is 274 Å². The van der Waals surface area contributed by atoms with E-state index in [1.165, 1.54) is 0 Å². The largest absolute Gasteiger partial charge is 0.756 e. The van der Waals surface area contributed by atoms with E-state index in [4.69, 9.17) is 14.7 Å². The first-order chi connectivity index (χ1) is 17.3. The van der Waals surface area contributed by atoms with Crippen LogP contribution in [0.1, 0.15) is 38.5 Å². The lowest BCUT2D eigenvalue weighted by Crippen LogP contribution is -2.41. The Morgan fingerprint density at radius 1 is 0.730 bits per heavy atom. The van der Waals surface area contributed by atoms with Crippen LogP contribution in [0.15, 0.2) is 0 Å². The summed E-state index contributed by atoms with van der Waals surface area (Å²) >= 11 is 0. The Morgan fingerprint density at radius 3 is 1.49 bits per heavy atom. The molecule has 0 bridgehead atoms. The number of aliphatic hydroxyl groups is 2. The molecule has 2 amide bonds. The first-order valence-corrected chi connectivity index (χ1v) is 15.1. The van der Waals surface area contributed by atoms with Gasteiger partial charge >= 0.3 is 0 Å². The molecule has 0 aliphatic heterocycles. The third-order valence-electron chi connectivity index (χ3n) is 4.08. The van der Waals surface area contributed by atoms with Crippen LogP contribution in [0.4, 0.5) is 0 Å². The molecule has 0 rings (SSSR count). The first-order valence-electron chi connectivity index (χ1n) is 10.8. The number of unbranched alkanes of at least 4 members (excludes halogenated alkanes) is 2. The van der Waals surface area contributed by atoms with E-state index in [0.29, 0.717) is 0 Å². The Labute approximate surface area is 213 Å². The fourth-order valence-corrected chi connectivity index (χ4v) is 4.09. The molecular weight excluding hydrogens is 569 g/mol. The lowest BCUT2D eigenvalue weighted by atomic mass is 10.2. The van der Waals surface area contributed by atoms with Crippen LogP contribution in [-0.4, -0.2) is 75.1 Å². The van der Waals surface area contributed by atoms with Gasteiger partial charge in [0.25, 0.3) is 23.5 Å². The molecule has 37 heavy (non-hydrogen) atoms. The van der Waals surface area contributed by atoms with Crippen molar-refractivity contribution in [2.24, 2.45) is 0 Å². The predicted molar refractivity (Wildman–Crippen MR) is 117 cm³/mol. The minimum absolute atomic E-state index is 0.0620. The van der Waals surface area contributed by atoms with E-state index >= 15 is 0 Å². The zero-order valence-corrected chi connectivity index (χ0v) is 22.7. The molecule has 0 saturated heterocycles. The molecule has 0 aliphatic carbocycles. The van der Waals surface area contributed by atoms with Crippen molar-refractivity contribution in [2.75, 3.05) is 47.0 Å². The zero-order chi connectivity index (χ0) is 28.4. The molecule has 0 radical (unpaired) electrons. The second-order valence-corrected chi connectivity index (χ2v) is 11.2. The van der Waals surface area contributed by atoms with Gasteiger partial charge < -0.3 is 53.6 Å². The van der Waals surface area contributed by atoms with Crippen LogP contribution >= 0.6 is 23.5 Å². The summed E-state index contributed by atoms with van der Waals surface area (Å²) in [5.74, 6) is -1.04. The first kappa shape index (κ1) is 36.2. The Morgan fingerprint density at radius 2 is 1.14 bits per heavy atom. The standard InChI is InChI=1S/C16H35N2O16P3/c1-29-35(23,24)34-14(10-17-15(21)6-2-4-8-30-36(25,26)32-12-19)11-18-16(22)7-3-5-9-31-37(27,28)33-13-20/h14,19-20H,2-13H2,1H3,(H,17,21)(H,18,22)(H,23,24)(H,25,26)(H,27,28)/p-3. The number of aliphatic hydroxyl groups excluding tert-OH is 2. The summed E-state index contributed by atoms with van der Waals surface area (Å²) in [6.45, 7) is -3.31. The van der Waals surface area contributed by atoms with Gasteiger partial charge in [0.1, 0.15) is 6.10 Å². The SMILES string of the molecule is COP(=O)([O-])OC(CNC(=O)CCCCOP(=O)([O-])OCO)CNC(=O)CCCCOP(=O)([O-])OCO. The van der Waals surface area contributed by atoms with Gasteiger partial charge in [-0.2, -0.15) is 0 Å². The van der Waals surface area contributed by atoms with Crippen LogP contribution in [-0.2, 0) is 50.4 Å². The van der Waals surface area contributed by atoms with Crippen molar-refractivity contribution < 1.29 is 75.3 Å². The highest BCUT2D eigenvalue weighted by Gasteiger charge is 2.19. The maximum Gasteiger partial charge on any atom is 0.269 e. The Kier molecular flexibility index (Phi) is 18.9. The van der Waals surface area contributed by atoms with Crippen molar-refractivity contribution in [3.8, 4) is 0 Å². The molecule has 0 aliphatic rings. The fraction of sp³-hybridized carbons (Fsp3) is 0.875. The van der Waals surface area contributed by atoms with Crippen molar-refractivity contribution in [2.45, 2.75) is 44.6 Å². The van der Waals surface area contributed by atoms with Crippen LogP contribution in [0.3, 0.4) is 0 Å². The molecule has 0 aromatic heterocycles. The molecule has 0 spiro atoms. The Bertz CT molecular complexity index is 763. The molecule has 0 aromatic carbocycles. The molecule has 3 atom stereocenters. The molecular formula is C16H32N2O16P3-3. The number of phosphoric acid groups is 3. The van der Waals surface area contributed by atoms with Crippen molar-refractivity contribution >= 4 is 35.3 Å². The van der Waals surface area contributed by atoms with Gasteiger partial charge in [-0.25, -0.2) is 0 Å². The Hall–Kier alpha value is -0.810. The van der Waals surface area contributed by atoms with Crippen LogP contribution in [0.5, 0.6) is 0 Å². The van der Waals surface area contributed by atoms with Gasteiger partial charge in [-0.1, -0.05) is 0 Å². The fourth-order valence-electron chi connectivity index (χ4n) is 2.35.